The molecule has 0 bridgehead atoms. The summed E-state index contributed by atoms with van der Waals surface area (Å²) in [4.78, 5) is 11.7. The molecule has 0 spiro atoms. The van der Waals surface area contributed by atoms with Crippen molar-refractivity contribution in [3.05, 3.63) is 65.2 Å². The summed E-state index contributed by atoms with van der Waals surface area (Å²) in [6.45, 7) is 10.3. The Bertz CT molecular complexity index is 759. The van der Waals surface area contributed by atoms with Crippen LogP contribution in [0.1, 0.15) is 52.2 Å². The van der Waals surface area contributed by atoms with E-state index in [0.29, 0.717) is 23.1 Å². The largest absolute Gasteiger partial charge is 0.398 e. The number of hydrogen-bond donors (Lipinski definition) is 1. The van der Waals surface area contributed by atoms with Gasteiger partial charge in [-0.15, -0.1) is 0 Å². The zero-order valence-corrected chi connectivity index (χ0v) is 16.0. The van der Waals surface area contributed by atoms with Crippen LogP contribution in [0, 0.1) is 5.41 Å². The average Bonchev–Trinajstić information content (AvgIpc) is 2.54. The van der Waals surface area contributed by atoms with Crippen molar-refractivity contribution < 1.29 is 4.79 Å². The molecular weight excluding hydrogens is 306 g/mol. The predicted molar refractivity (Wildman–Crippen MR) is 107 cm³/mol. The van der Waals surface area contributed by atoms with E-state index in [-0.39, 0.29) is 5.78 Å². The number of hydrogen-bond acceptors (Lipinski definition) is 2. The van der Waals surface area contributed by atoms with Gasteiger partial charge in [-0.3, -0.25) is 4.79 Å². The van der Waals surface area contributed by atoms with Gasteiger partial charge < -0.3 is 5.73 Å². The van der Waals surface area contributed by atoms with Gasteiger partial charge in [0.05, 0.1) is 0 Å². The number of allylic oxidation sites excluding steroid dienone is 1. The smallest absolute Gasteiger partial charge is 0.157 e. The Hall–Kier alpha value is -2.35. The third-order valence-corrected chi connectivity index (χ3v) is 4.32. The number of benzene rings is 2. The van der Waals surface area contributed by atoms with Crippen LogP contribution in [-0.4, -0.2) is 5.78 Å². The first-order valence-electron chi connectivity index (χ1n) is 8.90. The summed E-state index contributed by atoms with van der Waals surface area (Å²) in [5, 5.41) is 0. The highest BCUT2D eigenvalue weighted by Crippen LogP contribution is 2.26. The Kier molecular flexibility index (Phi) is 5.84. The molecule has 0 saturated carbocycles. The topological polar surface area (TPSA) is 43.1 Å². The van der Waals surface area contributed by atoms with Crippen molar-refractivity contribution in [3.8, 4) is 11.1 Å². The Morgan fingerprint density at radius 2 is 1.40 bits per heavy atom. The van der Waals surface area contributed by atoms with Gasteiger partial charge in [-0.05, 0) is 47.4 Å². The summed E-state index contributed by atoms with van der Waals surface area (Å²) in [6, 6.07) is 16.9. The lowest BCUT2D eigenvalue weighted by Crippen LogP contribution is -2.08. The molecule has 2 N–H and O–H groups in total. The van der Waals surface area contributed by atoms with E-state index in [1.165, 1.54) is 11.1 Å². The molecule has 2 rings (SSSR count). The minimum absolute atomic E-state index is 0.0403. The zero-order valence-electron chi connectivity index (χ0n) is 16.0. The van der Waals surface area contributed by atoms with Crippen LogP contribution in [0.2, 0.25) is 0 Å². The molecule has 0 fully saturated rings. The average molecular weight is 335 g/mol. The van der Waals surface area contributed by atoms with Gasteiger partial charge in [-0.1, -0.05) is 76.2 Å². The summed E-state index contributed by atoms with van der Waals surface area (Å²) in [5.41, 5.74) is 12.3. The lowest BCUT2D eigenvalue weighted by molar-refractivity contribution is -0.113. The van der Waals surface area contributed by atoms with E-state index in [1.807, 2.05) is 19.1 Å². The fourth-order valence-electron chi connectivity index (χ4n) is 3.07. The highest BCUT2D eigenvalue weighted by atomic mass is 16.1. The van der Waals surface area contributed by atoms with E-state index in [0.717, 1.165) is 17.5 Å². The molecule has 132 valence electrons. The van der Waals surface area contributed by atoms with Crippen LogP contribution in [0.25, 0.3) is 16.8 Å². The SMILES string of the molecule is CC/C(C(C)=O)=C(/N)c1ccc(-c2ccc(CC(C)(C)C)cc2)cc1. The Balaban J connectivity index is 2.24. The van der Waals surface area contributed by atoms with E-state index >= 15 is 0 Å². The molecular formula is C23H29NO. The number of rotatable bonds is 5. The van der Waals surface area contributed by atoms with Gasteiger partial charge in [0.15, 0.2) is 5.78 Å². The van der Waals surface area contributed by atoms with Gasteiger partial charge in [0.1, 0.15) is 0 Å². The molecule has 0 aromatic heterocycles. The highest BCUT2D eigenvalue weighted by molar-refractivity contribution is 6.00. The van der Waals surface area contributed by atoms with Crippen molar-refractivity contribution in [3.63, 3.8) is 0 Å². The fourth-order valence-corrected chi connectivity index (χ4v) is 3.07. The molecule has 0 amide bonds. The van der Waals surface area contributed by atoms with E-state index in [2.05, 4.69) is 57.2 Å². The van der Waals surface area contributed by atoms with Gasteiger partial charge in [0, 0.05) is 11.3 Å². The number of carbonyl (C=O) groups is 1. The van der Waals surface area contributed by atoms with Gasteiger partial charge in [-0.25, -0.2) is 0 Å². The third kappa shape index (κ3) is 5.06. The van der Waals surface area contributed by atoms with Crippen molar-refractivity contribution >= 4 is 11.5 Å². The van der Waals surface area contributed by atoms with E-state index in [1.54, 1.807) is 6.92 Å². The number of carbonyl (C=O) groups excluding carboxylic acids is 1. The van der Waals surface area contributed by atoms with Crippen LogP contribution >= 0.6 is 0 Å². The van der Waals surface area contributed by atoms with E-state index in [4.69, 9.17) is 5.73 Å². The van der Waals surface area contributed by atoms with Crippen LogP contribution in [-0.2, 0) is 11.2 Å². The first kappa shape index (κ1) is 19.0. The molecule has 0 unspecified atom stereocenters. The molecule has 25 heavy (non-hydrogen) atoms. The third-order valence-electron chi connectivity index (χ3n) is 4.32. The summed E-state index contributed by atoms with van der Waals surface area (Å²) < 4.78 is 0. The number of Topliss-reactive ketones (excluding diaryl/α,β-unsaturated/α-hetero) is 1. The van der Waals surface area contributed by atoms with Crippen molar-refractivity contribution in [2.45, 2.75) is 47.5 Å². The van der Waals surface area contributed by atoms with E-state index < -0.39 is 0 Å². The van der Waals surface area contributed by atoms with Crippen LogP contribution in [0.4, 0.5) is 0 Å². The van der Waals surface area contributed by atoms with Crippen LogP contribution < -0.4 is 5.73 Å². The summed E-state index contributed by atoms with van der Waals surface area (Å²) in [6.07, 6.45) is 1.72. The Labute approximate surface area is 151 Å². The molecule has 2 aromatic rings. The maximum Gasteiger partial charge on any atom is 0.157 e. The first-order valence-corrected chi connectivity index (χ1v) is 8.90. The lowest BCUT2D eigenvalue weighted by Gasteiger charge is -2.18. The maximum absolute atomic E-state index is 11.7. The van der Waals surface area contributed by atoms with Crippen LogP contribution in [0.5, 0.6) is 0 Å². The van der Waals surface area contributed by atoms with Crippen LogP contribution in [0.3, 0.4) is 0 Å². The van der Waals surface area contributed by atoms with Crippen molar-refractivity contribution in [1.82, 2.24) is 0 Å². The molecule has 0 aliphatic carbocycles. The molecule has 0 saturated heterocycles. The molecule has 0 heterocycles. The quantitative estimate of drug-likeness (QED) is 0.722. The molecule has 0 radical (unpaired) electrons. The van der Waals surface area contributed by atoms with Crippen LogP contribution in [0.15, 0.2) is 54.1 Å². The molecule has 2 nitrogen and oxygen atoms in total. The number of ketones is 1. The summed E-state index contributed by atoms with van der Waals surface area (Å²) in [7, 11) is 0. The second kappa shape index (κ2) is 7.69. The Morgan fingerprint density at radius 3 is 1.80 bits per heavy atom. The second-order valence-electron chi connectivity index (χ2n) is 7.81. The minimum atomic E-state index is 0.0403. The molecule has 2 heteroatoms. The number of nitrogens with two attached hydrogens (primary N) is 1. The monoisotopic (exact) mass is 335 g/mol. The predicted octanol–water partition coefficient (Wildman–Crippen LogP) is 5.61. The minimum Gasteiger partial charge on any atom is -0.398 e. The molecule has 0 atom stereocenters. The fraction of sp³-hybridized carbons (Fsp3) is 0.348. The van der Waals surface area contributed by atoms with Crippen molar-refractivity contribution in [2.24, 2.45) is 11.1 Å². The van der Waals surface area contributed by atoms with Crippen molar-refractivity contribution in [2.75, 3.05) is 0 Å². The van der Waals surface area contributed by atoms with Gasteiger partial charge in [0.2, 0.25) is 0 Å². The van der Waals surface area contributed by atoms with E-state index in [9.17, 15) is 4.79 Å². The maximum atomic E-state index is 11.7. The zero-order chi connectivity index (χ0) is 18.6. The normalized spacial score (nSPS) is 12.7. The standard InChI is InChI=1S/C23H29NO/c1-6-21(16(2)25)22(24)20-13-11-19(12-14-20)18-9-7-17(8-10-18)15-23(3,4)5/h7-14H,6,15,24H2,1-5H3/b22-21-. The van der Waals surface area contributed by atoms with Gasteiger partial charge in [-0.2, -0.15) is 0 Å². The molecule has 2 aromatic carbocycles. The Morgan fingerprint density at radius 1 is 0.920 bits per heavy atom. The summed E-state index contributed by atoms with van der Waals surface area (Å²) >= 11 is 0. The lowest BCUT2D eigenvalue weighted by atomic mass is 9.87. The highest BCUT2D eigenvalue weighted by Gasteiger charge is 2.11. The van der Waals surface area contributed by atoms with Crippen molar-refractivity contribution in [1.29, 1.82) is 0 Å². The van der Waals surface area contributed by atoms with Gasteiger partial charge >= 0.3 is 0 Å². The molecule has 0 aliphatic heterocycles. The summed E-state index contributed by atoms with van der Waals surface area (Å²) in [5.74, 6) is 0.0403. The second-order valence-corrected chi connectivity index (χ2v) is 7.81. The first-order chi connectivity index (χ1) is 11.7. The molecule has 0 aliphatic rings. The van der Waals surface area contributed by atoms with Gasteiger partial charge in [0.25, 0.3) is 0 Å².